The van der Waals surface area contributed by atoms with Crippen molar-refractivity contribution in [3.8, 4) is 11.1 Å². The second-order valence-corrected chi connectivity index (χ2v) is 4.18. The number of halogens is 3. The lowest BCUT2D eigenvalue weighted by Crippen LogP contribution is -2.08. The lowest BCUT2D eigenvalue weighted by Gasteiger charge is -2.12. The van der Waals surface area contributed by atoms with Crippen LogP contribution in [0.15, 0.2) is 42.7 Å². The van der Waals surface area contributed by atoms with Crippen molar-refractivity contribution in [1.82, 2.24) is 4.98 Å². The number of nitrogens with zero attached hydrogens (tertiary/aromatic N) is 1. The Kier molecular flexibility index (Phi) is 3.74. The molecule has 1 aromatic heterocycles. The molecule has 104 valence electrons. The standard InChI is InChI=1S/C14H10F3NO2/c15-14(16,17)11-1-2-12(9-3-5-18-6-4-9)10(7-11)8-13(19)20/h1-7H,8H2,(H,19,20). The summed E-state index contributed by atoms with van der Waals surface area (Å²) in [7, 11) is 0. The van der Waals surface area contributed by atoms with Crippen LogP contribution in [-0.2, 0) is 17.4 Å². The second kappa shape index (κ2) is 5.32. The highest BCUT2D eigenvalue weighted by Gasteiger charge is 2.31. The first kappa shape index (κ1) is 14.0. The Hall–Kier alpha value is -2.37. The van der Waals surface area contributed by atoms with Gasteiger partial charge in [0.05, 0.1) is 12.0 Å². The normalized spacial score (nSPS) is 11.3. The molecule has 0 unspecified atom stereocenters. The molecule has 0 atom stereocenters. The molecule has 1 N–H and O–H groups in total. The molecule has 1 heterocycles. The number of carboxylic acids is 1. The van der Waals surface area contributed by atoms with Crippen molar-refractivity contribution in [3.05, 3.63) is 53.9 Å². The van der Waals surface area contributed by atoms with Crippen LogP contribution in [0.3, 0.4) is 0 Å². The van der Waals surface area contributed by atoms with Gasteiger partial charge in [0.2, 0.25) is 0 Å². The summed E-state index contributed by atoms with van der Waals surface area (Å²) in [6, 6.07) is 6.35. The van der Waals surface area contributed by atoms with Gasteiger partial charge < -0.3 is 5.11 Å². The van der Waals surface area contributed by atoms with Crippen LogP contribution >= 0.6 is 0 Å². The maximum absolute atomic E-state index is 12.7. The fourth-order valence-electron chi connectivity index (χ4n) is 1.89. The summed E-state index contributed by atoms with van der Waals surface area (Å²) in [6.07, 6.45) is -1.97. The van der Waals surface area contributed by atoms with Crippen LogP contribution in [-0.4, -0.2) is 16.1 Å². The average Bonchev–Trinajstić information content (AvgIpc) is 2.38. The SMILES string of the molecule is O=C(O)Cc1cc(C(F)(F)F)ccc1-c1ccncc1. The predicted molar refractivity (Wildman–Crippen MR) is 66.0 cm³/mol. The van der Waals surface area contributed by atoms with Gasteiger partial charge in [0.1, 0.15) is 0 Å². The van der Waals surface area contributed by atoms with Gasteiger partial charge in [0.15, 0.2) is 0 Å². The van der Waals surface area contributed by atoms with E-state index in [-0.39, 0.29) is 5.56 Å². The lowest BCUT2D eigenvalue weighted by molar-refractivity contribution is -0.138. The highest BCUT2D eigenvalue weighted by Crippen LogP contribution is 2.33. The molecule has 0 spiro atoms. The Morgan fingerprint density at radius 1 is 1.15 bits per heavy atom. The number of carbonyl (C=O) groups is 1. The van der Waals surface area contributed by atoms with E-state index in [0.717, 1.165) is 12.1 Å². The number of hydrogen-bond donors (Lipinski definition) is 1. The molecule has 6 heteroatoms. The fourth-order valence-corrected chi connectivity index (χ4v) is 1.89. The van der Waals surface area contributed by atoms with Gasteiger partial charge in [-0.05, 0) is 41.0 Å². The first-order valence-corrected chi connectivity index (χ1v) is 5.70. The third-order valence-corrected chi connectivity index (χ3v) is 2.77. The second-order valence-electron chi connectivity index (χ2n) is 4.18. The monoisotopic (exact) mass is 281 g/mol. The molecule has 0 radical (unpaired) electrons. The smallest absolute Gasteiger partial charge is 0.416 e. The van der Waals surface area contributed by atoms with Crippen LogP contribution in [0.25, 0.3) is 11.1 Å². The van der Waals surface area contributed by atoms with Crippen LogP contribution in [0.2, 0.25) is 0 Å². The minimum absolute atomic E-state index is 0.124. The Morgan fingerprint density at radius 3 is 2.35 bits per heavy atom. The number of hydrogen-bond acceptors (Lipinski definition) is 2. The molecule has 0 aliphatic heterocycles. The third-order valence-electron chi connectivity index (χ3n) is 2.77. The molecular formula is C14H10F3NO2. The molecule has 2 aromatic rings. The van der Waals surface area contributed by atoms with Gasteiger partial charge in [-0.1, -0.05) is 6.07 Å². The van der Waals surface area contributed by atoms with Crippen LogP contribution in [0.5, 0.6) is 0 Å². The highest BCUT2D eigenvalue weighted by atomic mass is 19.4. The van der Waals surface area contributed by atoms with E-state index in [0.29, 0.717) is 11.1 Å². The summed E-state index contributed by atoms with van der Waals surface area (Å²) in [4.78, 5) is 14.6. The number of alkyl halides is 3. The quantitative estimate of drug-likeness (QED) is 0.938. The molecule has 0 fully saturated rings. The Bertz CT molecular complexity index is 624. The number of aliphatic carboxylic acids is 1. The van der Waals surface area contributed by atoms with Crippen molar-refractivity contribution in [2.45, 2.75) is 12.6 Å². The maximum Gasteiger partial charge on any atom is 0.416 e. The van der Waals surface area contributed by atoms with Crippen molar-refractivity contribution >= 4 is 5.97 Å². The van der Waals surface area contributed by atoms with E-state index in [2.05, 4.69) is 4.98 Å². The van der Waals surface area contributed by atoms with Gasteiger partial charge >= 0.3 is 12.1 Å². The van der Waals surface area contributed by atoms with Crippen LogP contribution < -0.4 is 0 Å². The Balaban J connectivity index is 2.54. The van der Waals surface area contributed by atoms with Crippen molar-refractivity contribution in [2.75, 3.05) is 0 Å². The molecule has 20 heavy (non-hydrogen) atoms. The van der Waals surface area contributed by atoms with Crippen molar-refractivity contribution in [2.24, 2.45) is 0 Å². The highest BCUT2D eigenvalue weighted by molar-refractivity contribution is 5.76. The average molecular weight is 281 g/mol. The van der Waals surface area contributed by atoms with Gasteiger partial charge in [-0.3, -0.25) is 9.78 Å². The topological polar surface area (TPSA) is 50.2 Å². The van der Waals surface area contributed by atoms with Gasteiger partial charge in [-0.15, -0.1) is 0 Å². The van der Waals surface area contributed by atoms with Gasteiger partial charge in [-0.2, -0.15) is 13.2 Å². The van der Waals surface area contributed by atoms with E-state index in [1.165, 1.54) is 18.5 Å². The summed E-state index contributed by atoms with van der Waals surface area (Å²) in [5.41, 5.74) is 0.359. The van der Waals surface area contributed by atoms with E-state index in [1.807, 2.05) is 0 Å². The summed E-state index contributed by atoms with van der Waals surface area (Å²) >= 11 is 0. The fraction of sp³-hybridized carbons (Fsp3) is 0.143. The number of carboxylic acid groups (broad SMARTS) is 1. The molecule has 2 rings (SSSR count). The van der Waals surface area contributed by atoms with Crippen molar-refractivity contribution < 1.29 is 23.1 Å². The molecule has 0 aliphatic carbocycles. The van der Waals surface area contributed by atoms with Gasteiger partial charge in [0, 0.05) is 12.4 Å². The molecule has 3 nitrogen and oxygen atoms in total. The minimum atomic E-state index is -4.50. The number of rotatable bonds is 3. The molecule has 0 amide bonds. The van der Waals surface area contributed by atoms with Gasteiger partial charge in [-0.25, -0.2) is 0 Å². The van der Waals surface area contributed by atoms with Crippen molar-refractivity contribution in [3.63, 3.8) is 0 Å². The zero-order chi connectivity index (χ0) is 14.8. The van der Waals surface area contributed by atoms with E-state index in [9.17, 15) is 18.0 Å². The Labute approximate surface area is 112 Å². The van der Waals surface area contributed by atoms with E-state index in [1.54, 1.807) is 12.1 Å². The minimum Gasteiger partial charge on any atom is -0.481 e. The number of pyridine rings is 1. The first-order valence-electron chi connectivity index (χ1n) is 5.70. The number of benzene rings is 1. The Morgan fingerprint density at radius 2 is 1.80 bits per heavy atom. The summed E-state index contributed by atoms with van der Waals surface area (Å²) in [5, 5.41) is 8.84. The van der Waals surface area contributed by atoms with Crippen molar-refractivity contribution in [1.29, 1.82) is 0 Å². The molecule has 0 saturated carbocycles. The molecular weight excluding hydrogens is 271 g/mol. The predicted octanol–water partition coefficient (Wildman–Crippen LogP) is 3.39. The number of aromatic nitrogens is 1. The zero-order valence-electron chi connectivity index (χ0n) is 10.2. The molecule has 0 aliphatic rings. The van der Waals surface area contributed by atoms with Crippen LogP contribution in [0.4, 0.5) is 13.2 Å². The third kappa shape index (κ3) is 3.14. The summed E-state index contributed by atoms with van der Waals surface area (Å²) in [6.45, 7) is 0. The first-order chi connectivity index (χ1) is 9.38. The van der Waals surface area contributed by atoms with E-state index in [4.69, 9.17) is 5.11 Å². The maximum atomic E-state index is 12.7. The molecule has 1 aromatic carbocycles. The lowest BCUT2D eigenvalue weighted by atomic mass is 9.96. The zero-order valence-corrected chi connectivity index (χ0v) is 10.2. The van der Waals surface area contributed by atoms with Crippen LogP contribution in [0.1, 0.15) is 11.1 Å². The largest absolute Gasteiger partial charge is 0.481 e. The van der Waals surface area contributed by atoms with Crippen LogP contribution in [0, 0.1) is 0 Å². The van der Waals surface area contributed by atoms with E-state index < -0.39 is 24.1 Å². The summed E-state index contributed by atoms with van der Waals surface area (Å²) < 4.78 is 38.0. The summed E-state index contributed by atoms with van der Waals surface area (Å²) in [5.74, 6) is -1.18. The molecule has 0 bridgehead atoms. The molecule has 0 saturated heterocycles. The van der Waals surface area contributed by atoms with Gasteiger partial charge in [0.25, 0.3) is 0 Å². The van der Waals surface area contributed by atoms with E-state index >= 15 is 0 Å².